The summed E-state index contributed by atoms with van der Waals surface area (Å²) >= 11 is 1.69. The third-order valence-corrected chi connectivity index (χ3v) is 6.09. The Morgan fingerprint density at radius 3 is 2.57 bits per heavy atom. The van der Waals surface area contributed by atoms with E-state index in [1.165, 1.54) is 23.3 Å². The highest BCUT2D eigenvalue weighted by Crippen LogP contribution is 2.30. The lowest BCUT2D eigenvalue weighted by molar-refractivity contribution is -0.124. The molecule has 1 aromatic heterocycles. The van der Waals surface area contributed by atoms with Crippen molar-refractivity contribution in [1.29, 1.82) is 0 Å². The second kappa shape index (κ2) is 7.04. The van der Waals surface area contributed by atoms with Crippen molar-refractivity contribution < 1.29 is 9.59 Å². The van der Waals surface area contributed by atoms with E-state index >= 15 is 0 Å². The Labute approximate surface area is 142 Å². The fraction of sp³-hybridized carbons (Fsp3) is 0.667. The van der Waals surface area contributed by atoms with Gasteiger partial charge in [0.25, 0.3) is 5.91 Å². The largest absolute Gasteiger partial charge is 0.353 e. The number of piperidine rings is 1. The molecule has 0 saturated carbocycles. The molecule has 0 aromatic carbocycles. The van der Waals surface area contributed by atoms with Gasteiger partial charge in [-0.2, -0.15) is 0 Å². The maximum absolute atomic E-state index is 12.7. The highest BCUT2D eigenvalue weighted by Gasteiger charge is 2.27. The van der Waals surface area contributed by atoms with Crippen LogP contribution in [0.5, 0.6) is 0 Å². The summed E-state index contributed by atoms with van der Waals surface area (Å²) in [6.07, 6.45) is 6.48. The van der Waals surface area contributed by atoms with Crippen molar-refractivity contribution in [2.75, 3.05) is 13.1 Å². The Bertz CT molecular complexity index is 562. The van der Waals surface area contributed by atoms with Crippen LogP contribution in [0.1, 0.15) is 59.6 Å². The lowest BCUT2D eigenvalue weighted by Crippen LogP contribution is -2.47. The fourth-order valence-corrected chi connectivity index (χ4v) is 4.57. The summed E-state index contributed by atoms with van der Waals surface area (Å²) in [5.74, 6) is 0.311. The van der Waals surface area contributed by atoms with Crippen LogP contribution in [-0.2, 0) is 17.6 Å². The summed E-state index contributed by atoms with van der Waals surface area (Å²) in [6, 6.07) is 2.33. The van der Waals surface area contributed by atoms with Crippen LogP contribution in [0.4, 0.5) is 0 Å². The van der Waals surface area contributed by atoms with E-state index in [9.17, 15) is 9.59 Å². The van der Waals surface area contributed by atoms with Crippen LogP contribution in [0.25, 0.3) is 0 Å². The van der Waals surface area contributed by atoms with Crippen LogP contribution in [0, 0.1) is 5.92 Å². The highest BCUT2D eigenvalue weighted by atomic mass is 32.1. The number of hydrogen-bond donors (Lipinski definition) is 1. The number of thiophene rings is 1. The first-order valence-corrected chi connectivity index (χ1v) is 9.57. The molecule has 126 valence electrons. The number of aryl methyl sites for hydroxylation is 2. The van der Waals surface area contributed by atoms with E-state index in [2.05, 4.69) is 11.4 Å². The number of carbonyl (C=O) groups is 2. The fourth-order valence-electron chi connectivity index (χ4n) is 3.35. The van der Waals surface area contributed by atoms with Gasteiger partial charge in [0.05, 0.1) is 4.88 Å². The van der Waals surface area contributed by atoms with Gasteiger partial charge in [-0.15, -0.1) is 11.3 Å². The van der Waals surface area contributed by atoms with Crippen LogP contribution in [0.2, 0.25) is 0 Å². The molecule has 0 radical (unpaired) electrons. The van der Waals surface area contributed by atoms with E-state index in [-0.39, 0.29) is 23.8 Å². The van der Waals surface area contributed by atoms with Gasteiger partial charge in [0.15, 0.2) is 0 Å². The molecule has 1 N–H and O–H groups in total. The van der Waals surface area contributed by atoms with E-state index in [1.807, 2.05) is 18.7 Å². The van der Waals surface area contributed by atoms with Gasteiger partial charge < -0.3 is 10.2 Å². The first kappa shape index (κ1) is 16.5. The van der Waals surface area contributed by atoms with Crippen LogP contribution in [0.3, 0.4) is 0 Å². The van der Waals surface area contributed by atoms with Crippen molar-refractivity contribution in [3.63, 3.8) is 0 Å². The average molecular weight is 334 g/mol. The monoisotopic (exact) mass is 334 g/mol. The van der Waals surface area contributed by atoms with Gasteiger partial charge in [-0.05, 0) is 50.2 Å². The van der Waals surface area contributed by atoms with Gasteiger partial charge >= 0.3 is 0 Å². The molecule has 2 amide bonds. The second-order valence-electron chi connectivity index (χ2n) is 7.00. The Morgan fingerprint density at radius 1 is 1.22 bits per heavy atom. The van der Waals surface area contributed by atoms with Crippen LogP contribution in [0.15, 0.2) is 6.07 Å². The Hall–Kier alpha value is -1.36. The number of rotatable bonds is 3. The molecule has 3 rings (SSSR count). The summed E-state index contributed by atoms with van der Waals surface area (Å²) in [5.41, 5.74) is 1.39. The minimum Gasteiger partial charge on any atom is -0.353 e. The van der Waals surface area contributed by atoms with E-state index in [0.29, 0.717) is 0 Å². The Balaban J connectivity index is 1.56. The molecule has 1 fully saturated rings. The number of nitrogens with zero attached hydrogens (tertiary/aromatic N) is 1. The molecule has 5 heteroatoms. The zero-order valence-corrected chi connectivity index (χ0v) is 14.9. The summed E-state index contributed by atoms with van der Waals surface area (Å²) in [5, 5.41) is 3.08. The van der Waals surface area contributed by atoms with Crippen molar-refractivity contribution >= 4 is 23.2 Å². The molecular weight excluding hydrogens is 308 g/mol. The number of hydrogen-bond acceptors (Lipinski definition) is 3. The average Bonchev–Trinajstić information content (AvgIpc) is 2.98. The Kier molecular flexibility index (Phi) is 5.05. The van der Waals surface area contributed by atoms with Gasteiger partial charge in [0.2, 0.25) is 5.91 Å². The van der Waals surface area contributed by atoms with E-state index in [4.69, 9.17) is 0 Å². The zero-order valence-electron chi connectivity index (χ0n) is 14.1. The summed E-state index contributed by atoms with van der Waals surface area (Å²) < 4.78 is 0. The topological polar surface area (TPSA) is 49.4 Å². The molecule has 4 nitrogen and oxygen atoms in total. The number of amides is 2. The van der Waals surface area contributed by atoms with Crippen LogP contribution < -0.4 is 5.32 Å². The Morgan fingerprint density at radius 2 is 1.91 bits per heavy atom. The molecule has 1 aromatic rings. The van der Waals surface area contributed by atoms with Gasteiger partial charge in [0.1, 0.15) is 0 Å². The molecule has 0 bridgehead atoms. The van der Waals surface area contributed by atoms with Crippen molar-refractivity contribution in [2.24, 2.45) is 5.92 Å². The number of likely N-dealkylation sites (tertiary alicyclic amines) is 1. The smallest absolute Gasteiger partial charge is 0.263 e. The molecule has 23 heavy (non-hydrogen) atoms. The standard InChI is InChI=1S/C18H26N2O2S/c1-12(2)17(21)19-14-7-9-20(10-8-14)18(22)16-11-13-5-3-4-6-15(13)23-16/h11-12,14H,3-10H2,1-2H3,(H,19,21). The molecule has 0 spiro atoms. The minimum absolute atomic E-state index is 0.0205. The first-order chi connectivity index (χ1) is 11.0. The molecule has 0 unspecified atom stereocenters. The van der Waals surface area contributed by atoms with Gasteiger partial charge in [-0.3, -0.25) is 9.59 Å². The summed E-state index contributed by atoms with van der Waals surface area (Å²) in [7, 11) is 0. The quantitative estimate of drug-likeness (QED) is 0.924. The minimum atomic E-state index is 0.0205. The number of nitrogens with one attached hydrogen (secondary N) is 1. The maximum atomic E-state index is 12.7. The van der Waals surface area contributed by atoms with Crippen LogP contribution in [-0.4, -0.2) is 35.8 Å². The lowest BCUT2D eigenvalue weighted by atomic mass is 9.99. The molecule has 0 atom stereocenters. The third kappa shape index (κ3) is 3.77. The predicted molar refractivity (Wildman–Crippen MR) is 92.9 cm³/mol. The predicted octanol–water partition coefficient (Wildman–Crippen LogP) is 3.00. The number of fused-ring (bicyclic) bond motifs is 1. The van der Waals surface area contributed by atoms with Crippen molar-refractivity contribution in [1.82, 2.24) is 10.2 Å². The third-order valence-electron chi connectivity index (χ3n) is 4.86. The van der Waals surface area contributed by atoms with E-state index < -0.39 is 0 Å². The van der Waals surface area contributed by atoms with Crippen molar-refractivity contribution in [3.05, 3.63) is 21.4 Å². The molecular formula is C18H26N2O2S. The van der Waals surface area contributed by atoms with Gasteiger partial charge in [0, 0.05) is 29.9 Å². The first-order valence-electron chi connectivity index (χ1n) is 8.76. The van der Waals surface area contributed by atoms with Gasteiger partial charge in [-0.1, -0.05) is 13.8 Å². The molecule has 2 heterocycles. The number of carbonyl (C=O) groups excluding carboxylic acids is 2. The van der Waals surface area contributed by atoms with Crippen molar-refractivity contribution in [3.8, 4) is 0 Å². The zero-order chi connectivity index (χ0) is 16.4. The lowest BCUT2D eigenvalue weighted by Gasteiger charge is -2.32. The van der Waals surface area contributed by atoms with Crippen molar-refractivity contribution in [2.45, 2.75) is 58.4 Å². The molecule has 1 saturated heterocycles. The summed E-state index contributed by atoms with van der Waals surface area (Å²) in [4.78, 5) is 28.7. The van der Waals surface area contributed by atoms with Crippen LogP contribution >= 0.6 is 11.3 Å². The molecule has 2 aliphatic rings. The maximum Gasteiger partial charge on any atom is 0.263 e. The van der Waals surface area contributed by atoms with Gasteiger partial charge in [-0.25, -0.2) is 0 Å². The SMILES string of the molecule is CC(C)C(=O)NC1CCN(C(=O)c2cc3c(s2)CCCC3)CC1. The van der Waals surface area contributed by atoms with E-state index in [1.54, 1.807) is 11.3 Å². The summed E-state index contributed by atoms with van der Waals surface area (Å²) in [6.45, 7) is 5.30. The second-order valence-corrected chi connectivity index (χ2v) is 8.13. The molecule has 1 aliphatic heterocycles. The molecule has 1 aliphatic carbocycles. The van der Waals surface area contributed by atoms with E-state index in [0.717, 1.165) is 43.6 Å². The normalized spacial score (nSPS) is 18.8. The highest BCUT2D eigenvalue weighted by molar-refractivity contribution is 7.14.